The first-order valence-electron chi connectivity index (χ1n) is 4.57. The third-order valence-electron chi connectivity index (χ3n) is 2.22. The quantitative estimate of drug-likeness (QED) is 0.324. The Kier molecular flexibility index (Phi) is 2.24. The Balaban J connectivity index is 2.58. The first-order valence-corrected chi connectivity index (χ1v) is 4.57. The zero-order chi connectivity index (χ0) is 10.8. The van der Waals surface area contributed by atoms with Crippen LogP contribution in [0, 0.1) is 0 Å². The van der Waals surface area contributed by atoms with Crippen molar-refractivity contribution in [2.24, 2.45) is 10.9 Å². The Morgan fingerprint density at radius 1 is 1.60 bits per heavy atom. The number of hydrogen-bond donors (Lipinski definition) is 2. The molecule has 0 aliphatic carbocycles. The van der Waals surface area contributed by atoms with Crippen molar-refractivity contribution in [3.8, 4) is 0 Å². The van der Waals surface area contributed by atoms with Gasteiger partial charge in [-0.05, 0) is 25.1 Å². The van der Waals surface area contributed by atoms with Crippen molar-refractivity contribution in [2.45, 2.75) is 13.5 Å². The zero-order valence-corrected chi connectivity index (χ0v) is 8.25. The van der Waals surface area contributed by atoms with E-state index in [1.165, 1.54) is 0 Å². The molecule has 2 aromatic rings. The second-order valence-corrected chi connectivity index (χ2v) is 3.09. The topological polar surface area (TPSA) is 89.3 Å². The van der Waals surface area contributed by atoms with Crippen molar-refractivity contribution >= 4 is 16.9 Å². The number of nitrogens with zero attached hydrogens (tertiary/aromatic N) is 4. The number of benzene rings is 1. The number of rotatable bonds is 2. The van der Waals surface area contributed by atoms with Crippen molar-refractivity contribution in [1.29, 1.82) is 0 Å². The standard InChI is InChI=1S/C9H11N5O/c1-2-14-8-4-3-6(9(10)12-15)5-7(8)11-13-14/h3-5,15H,2H2,1H3,(H2,10,12). The van der Waals surface area contributed by atoms with Gasteiger partial charge in [-0.25, -0.2) is 4.68 Å². The number of amidine groups is 1. The molecule has 0 radical (unpaired) electrons. The minimum atomic E-state index is 0.0722. The van der Waals surface area contributed by atoms with Crippen LogP contribution in [0.2, 0.25) is 0 Å². The first kappa shape index (κ1) is 9.45. The average Bonchev–Trinajstić information content (AvgIpc) is 2.69. The van der Waals surface area contributed by atoms with Crippen molar-refractivity contribution in [3.63, 3.8) is 0 Å². The number of aromatic nitrogens is 3. The average molecular weight is 205 g/mol. The molecule has 6 heteroatoms. The van der Waals surface area contributed by atoms with Gasteiger partial charge in [0.05, 0.1) is 5.52 Å². The van der Waals surface area contributed by atoms with Gasteiger partial charge in [-0.2, -0.15) is 0 Å². The number of aryl methyl sites for hydroxylation is 1. The number of nitrogens with two attached hydrogens (primary N) is 1. The summed E-state index contributed by atoms with van der Waals surface area (Å²) < 4.78 is 1.78. The minimum Gasteiger partial charge on any atom is -0.409 e. The summed E-state index contributed by atoms with van der Waals surface area (Å²) in [5.74, 6) is 0.0722. The van der Waals surface area contributed by atoms with Crippen LogP contribution in [0.5, 0.6) is 0 Å². The lowest BCUT2D eigenvalue weighted by molar-refractivity contribution is 0.318. The van der Waals surface area contributed by atoms with Gasteiger partial charge in [-0.3, -0.25) is 0 Å². The second-order valence-electron chi connectivity index (χ2n) is 3.09. The van der Waals surface area contributed by atoms with E-state index in [1.807, 2.05) is 13.0 Å². The molecule has 78 valence electrons. The van der Waals surface area contributed by atoms with E-state index in [1.54, 1.807) is 16.8 Å². The highest BCUT2D eigenvalue weighted by molar-refractivity contribution is 5.99. The molecule has 1 aromatic carbocycles. The second kappa shape index (κ2) is 3.56. The van der Waals surface area contributed by atoms with E-state index in [0.717, 1.165) is 17.6 Å². The predicted octanol–water partition coefficient (Wildman–Crippen LogP) is 0.546. The van der Waals surface area contributed by atoms with E-state index in [4.69, 9.17) is 10.9 Å². The summed E-state index contributed by atoms with van der Waals surface area (Å²) in [6, 6.07) is 5.36. The third kappa shape index (κ3) is 1.50. The fourth-order valence-corrected chi connectivity index (χ4v) is 1.42. The summed E-state index contributed by atoms with van der Waals surface area (Å²) in [5, 5.41) is 19.4. The summed E-state index contributed by atoms with van der Waals surface area (Å²) in [4.78, 5) is 0. The molecular weight excluding hydrogens is 194 g/mol. The zero-order valence-electron chi connectivity index (χ0n) is 8.25. The highest BCUT2D eigenvalue weighted by Crippen LogP contribution is 2.13. The molecule has 0 amide bonds. The van der Waals surface area contributed by atoms with Gasteiger partial charge in [-0.1, -0.05) is 10.4 Å². The van der Waals surface area contributed by atoms with E-state index in [0.29, 0.717) is 5.56 Å². The number of hydrogen-bond acceptors (Lipinski definition) is 4. The Hall–Kier alpha value is -2.11. The van der Waals surface area contributed by atoms with Gasteiger partial charge < -0.3 is 10.9 Å². The third-order valence-corrected chi connectivity index (χ3v) is 2.22. The fourth-order valence-electron chi connectivity index (χ4n) is 1.42. The van der Waals surface area contributed by atoms with Gasteiger partial charge in [0.2, 0.25) is 0 Å². The summed E-state index contributed by atoms with van der Waals surface area (Å²) >= 11 is 0. The van der Waals surface area contributed by atoms with Crippen molar-refractivity contribution in [3.05, 3.63) is 23.8 Å². The Bertz CT molecular complexity index is 516. The van der Waals surface area contributed by atoms with E-state index in [-0.39, 0.29) is 5.84 Å². The molecule has 0 unspecified atom stereocenters. The van der Waals surface area contributed by atoms with Gasteiger partial charge in [0.15, 0.2) is 5.84 Å². The molecule has 0 saturated carbocycles. The lowest BCUT2D eigenvalue weighted by Crippen LogP contribution is -2.12. The van der Waals surface area contributed by atoms with Crippen molar-refractivity contribution < 1.29 is 5.21 Å². The predicted molar refractivity (Wildman–Crippen MR) is 55.7 cm³/mol. The van der Waals surface area contributed by atoms with Gasteiger partial charge in [0, 0.05) is 12.1 Å². The summed E-state index contributed by atoms with van der Waals surface area (Å²) in [5.41, 5.74) is 7.78. The Labute approximate surface area is 86.0 Å². The van der Waals surface area contributed by atoms with Crippen LogP contribution in [-0.4, -0.2) is 26.0 Å². The molecule has 0 fully saturated rings. The molecule has 0 spiro atoms. The largest absolute Gasteiger partial charge is 0.409 e. The maximum atomic E-state index is 8.53. The monoisotopic (exact) mass is 205 g/mol. The lowest BCUT2D eigenvalue weighted by Gasteiger charge is -1.99. The van der Waals surface area contributed by atoms with Gasteiger partial charge in [0.25, 0.3) is 0 Å². The van der Waals surface area contributed by atoms with E-state index >= 15 is 0 Å². The van der Waals surface area contributed by atoms with E-state index in [2.05, 4.69) is 15.5 Å². The van der Waals surface area contributed by atoms with Crippen LogP contribution in [-0.2, 0) is 6.54 Å². The molecule has 0 saturated heterocycles. The van der Waals surface area contributed by atoms with Crippen LogP contribution in [0.25, 0.3) is 11.0 Å². The van der Waals surface area contributed by atoms with Crippen LogP contribution >= 0.6 is 0 Å². The van der Waals surface area contributed by atoms with Crippen LogP contribution in [0.3, 0.4) is 0 Å². The van der Waals surface area contributed by atoms with Gasteiger partial charge >= 0.3 is 0 Å². The maximum Gasteiger partial charge on any atom is 0.170 e. The summed E-state index contributed by atoms with van der Waals surface area (Å²) in [7, 11) is 0. The molecule has 0 atom stereocenters. The van der Waals surface area contributed by atoms with Gasteiger partial charge in [-0.15, -0.1) is 5.10 Å². The van der Waals surface area contributed by atoms with Crippen LogP contribution in [0.15, 0.2) is 23.4 Å². The van der Waals surface area contributed by atoms with Crippen molar-refractivity contribution in [1.82, 2.24) is 15.0 Å². The highest BCUT2D eigenvalue weighted by atomic mass is 16.4. The Morgan fingerprint density at radius 2 is 2.40 bits per heavy atom. The SMILES string of the molecule is CCn1nnc2cc(/C(N)=N/O)ccc21. The lowest BCUT2D eigenvalue weighted by atomic mass is 10.2. The normalized spacial score (nSPS) is 12.2. The number of oxime groups is 1. The molecule has 0 aliphatic heterocycles. The van der Waals surface area contributed by atoms with E-state index in [9.17, 15) is 0 Å². The summed E-state index contributed by atoms with van der Waals surface area (Å²) in [6.45, 7) is 2.75. The smallest absolute Gasteiger partial charge is 0.170 e. The maximum absolute atomic E-state index is 8.53. The minimum absolute atomic E-state index is 0.0722. The molecule has 6 nitrogen and oxygen atoms in total. The Morgan fingerprint density at radius 3 is 3.07 bits per heavy atom. The summed E-state index contributed by atoms with van der Waals surface area (Å²) in [6.07, 6.45) is 0. The molecule has 0 aliphatic rings. The number of fused-ring (bicyclic) bond motifs is 1. The first-order chi connectivity index (χ1) is 7.26. The highest BCUT2D eigenvalue weighted by Gasteiger charge is 2.05. The molecular formula is C9H11N5O. The van der Waals surface area contributed by atoms with Gasteiger partial charge in [0.1, 0.15) is 5.52 Å². The van der Waals surface area contributed by atoms with E-state index < -0.39 is 0 Å². The molecule has 3 N–H and O–H groups in total. The molecule has 0 bridgehead atoms. The fraction of sp³-hybridized carbons (Fsp3) is 0.222. The van der Waals surface area contributed by atoms with Crippen molar-refractivity contribution in [2.75, 3.05) is 0 Å². The van der Waals surface area contributed by atoms with Crippen LogP contribution in [0.1, 0.15) is 12.5 Å². The molecule has 15 heavy (non-hydrogen) atoms. The molecule has 1 heterocycles. The molecule has 1 aromatic heterocycles. The molecule has 2 rings (SSSR count). The van der Waals surface area contributed by atoms with Crippen LogP contribution < -0.4 is 5.73 Å². The van der Waals surface area contributed by atoms with Crippen LogP contribution in [0.4, 0.5) is 0 Å².